The lowest BCUT2D eigenvalue weighted by Gasteiger charge is -2.11. The summed E-state index contributed by atoms with van der Waals surface area (Å²) in [6.45, 7) is -0.596. The molecule has 0 saturated heterocycles. The Morgan fingerprint density at radius 3 is 2.64 bits per heavy atom. The van der Waals surface area contributed by atoms with Gasteiger partial charge >= 0.3 is 6.16 Å². The van der Waals surface area contributed by atoms with Gasteiger partial charge in [0, 0.05) is 0 Å². The van der Waals surface area contributed by atoms with E-state index in [0.29, 0.717) is 0 Å². The van der Waals surface area contributed by atoms with Crippen LogP contribution in [0, 0.1) is 0 Å². The van der Waals surface area contributed by atoms with Crippen molar-refractivity contribution < 1.29 is 24.5 Å². The number of rotatable bonds is 5. The molecule has 0 fully saturated rings. The first-order valence-corrected chi connectivity index (χ1v) is 2.99. The highest BCUT2D eigenvalue weighted by Crippen LogP contribution is 1.90. The molecule has 0 aromatic heterocycles. The number of carbonyl (C=O) groups is 1. The molecule has 0 aromatic rings. The number of hydrogen-bond donors (Lipinski definition) is 3. The average Bonchev–Trinajstić information content (AvgIpc) is 1.97. The van der Waals surface area contributed by atoms with E-state index < -0.39 is 12.3 Å². The maximum atomic E-state index is 9.83. The molecular formula is C5H11NO5. The van der Waals surface area contributed by atoms with Gasteiger partial charge in [0.05, 0.1) is 13.3 Å². The Morgan fingerprint density at radius 2 is 2.27 bits per heavy atom. The topological polar surface area (TPSA) is 102 Å². The van der Waals surface area contributed by atoms with Gasteiger partial charge in [0.15, 0.2) is 0 Å². The van der Waals surface area contributed by atoms with E-state index in [4.69, 9.17) is 15.9 Å². The zero-order chi connectivity index (χ0) is 8.69. The fourth-order valence-electron chi connectivity index (χ4n) is 0.454. The first kappa shape index (κ1) is 10.2. The number of aliphatic hydroxyl groups excluding tert-OH is 1. The lowest BCUT2D eigenvalue weighted by Crippen LogP contribution is -2.27. The maximum absolute atomic E-state index is 9.83. The molecule has 11 heavy (non-hydrogen) atoms. The molecule has 1 atom stereocenters. The van der Waals surface area contributed by atoms with Crippen LogP contribution in [0.3, 0.4) is 0 Å². The highest BCUT2D eigenvalue weighted by Gasteiger charge is 2.09. The summed E-state index contributed by atoms with van der Waals surface area (Å²) in [5.74, 6) is 0. The van der Waals surface area contributed by atoms with Crippen molar-refractivity contribution in [2.24, 2.45) is 5.73 Å². The highest BCUT2D eigenvalue weighted by molar-refractivity contribution is 5.56. The third-order valence-electron chi connectivity index (χ3n) is 0.928. The van der Waals surface area contributed by atoms with Crippen LogP contribution in [0.2, 0.25) is 0 Å². The predicted octanol–water partition coefficient (Wildman–Crippen LogP) is -1.03. The summed E-state index contributed by atoms with van der Waals surface area (Å²) in [5.41, 5.74) is 4.98. The van der Waals surface area contributed by atoms with E-state index in [0.717, 1.165) is 0 Å². The average molecular weight is 165 g/mol. The van der Waals surface area contributed by atoms with Gasteiger partial charge in [0.1, 0.15) is 12.7 Å². The van der Waals surface area contributed by atoms with E-state index in [1.54, 1.807) is 0 Å². The smallest absolute Gasteiger partial charge is 0.450 e. The molecule has 0 radical (unpaired) electrons. The van der Waals surface area contributed by atoms with Gasteiger partial charge in [-0.2, -0.15) is 0 Å². The van der Waals surface area contributed by atoms with Gasteiger partial charge in [-0.15, -0.1) is 0 Å². The molecule has 6 nitrogen and oxygen atoms in total. The molecule has 0 aromatic carbocycles. The summed E-state index contributed by atoms with van der Waals surface area (Å²) >= 11 is 0. The Morgan fingerprint density at radius 1 is 1.64 bits per heavy atom. The lowest BCUT2D eigenvalue weighted by atomic mass is 10.4. The zero-order valence-corrected chi connectivity index (χ0v) is 5.90. The third-order valence-corrected chi connectivity index (χ3v) is 0.928. The van der Waals surface area contributed by atoms with Crippen molar-refractivity contribution >= 4 is 6.16 Å². The fourth-order valence-corrected chi connectivity index (χ4v) is 0.454. The van der Waals surface area contributed by atoms with E-state index in [-0.39, 0.29) is 19.9 Å². The summed E-state index contributed by atoms with van der Waals surface area (Å²) in [4.78, 5) is 9.83. The summed E-state index contributed by atoms with van der Waals surface area (Å²) < 4.78 is 8.80. The van der Waals surface area contributed by atoms with Crippen molar-refractivity contribution in [2.45, 2.75) is 6.10 Å². The Bertz CT molecular complexity index is 117. The van der Waals surface area contributed by atoms with Crippen molar-refractivity contribution in [3.63, 3.8) is 0 Å². The molecule has 0 saturated carbocycles. The maximum Gasteiger partial charge on any atom is 0.505 e. The standard InChI is InChI=1S/C5H11NO5/c6-3-11-4(1-7)2-10-5(8)9/h4,7H,1-3,6H2,(H,8,9). The van der Waals surface area contributed by atoms with Crippen molar-refractivity contribution in [3.8, 4) is 0 Å². The molecule has 66 valence electrons. The van der Waals surface area contributed by atoms with Crippen molar-refractivity contribution in [1.29, 1.82) is 0 Å². The highest BCUT2D eigenvalue weighted by atomic mass is 16.7. The second-order valence-corrected chi connectivity index (χ2v) is 1.71. The van der Waals surface area contributed by atoms with Gasteiger partial charge < -0.3 is 25.4 Å². The van der Waals surface area contributed by atoms with E-state index >= 15 is 0 Å². The number of aliphatic hydroxyl groups is 1. The molecule has 0 rings (SSSR count). The fraction of sp³-hybridized carbons (Fsp3) is 0.800. The van der Waals surface area contributed by atoms with E-state index in [2.05, 4.69) is 9.47 Å². The Kier molecular flexibility index (Phi) is 5.44. The number of hydrogen-bond acceptors (Lipinski definition) is 5. The molecule has 0 bridgehead atoms. The Labute approximate surface area is 63.5 Å². The van der Waals surface area contributed by atoms with Gasteiger partial charge in [-0.3, -0.25) is 0 Å². The summed E-state index contributed by atoms with van der Waals surface area (Å²) in [6.07, 6.45) is -2.07. The SMILES string of the molecule is NCOC(CO)COC(=O)O. The molecule has 0 amide bonds. The van der Waals surface area contributed by atoms with Crippen LogP contribution < -0.4 is 5.73 Å². The van der Waals surface area contributed by atoms with E-state index in [1.807, 2.05) is 0 Å². The first-order chi connectivity index (χ1) is 5.20. The number of nitrogens with two attached hydrogens (primary N) is 1. The Balaban J connectivity index is 3.43. The van der Waals surface area contributed by atoms with E-state index in [9.17, 15) is 4.79 Å². The molecule has 0 heterocycles. The number of carboxylic acid groups (broad SMARTS) is 1. The normalized spacial score (nSPS) is 12.5. The molecular weight excluding hydrogens is 154 g/mol. The van der Waals surface area contributed by atoms with Crippen LogP contribution in [-0.2, 0) is 9.47 Å². The van der Waals surface area contributed by atoms with Crippen LogP contribution in [0.4, 0.5) is 4.79 Å². The van der Waals surface area contributed by atoms with Crippen molar-refractivity contribution in [2.75, 3.05) is 19.9 Å². The summed E-state index contributed by atoms with van der Waals surface area (Å²) in [6, 6.07) is 0. The minimum atomic E-state index is -1.40. The second kappa shape index (κ2) is 5.90. The van der Waals surface area contributed by atoms with E-state index in [1.165, 1.54) is 0 Å². The number of ether oxygens (including phenoxy) is 2. The third kappa shape index (κ3) is 5.59. The lowest BCUT2D eigenvalue weighted by molar-refractivity contribution is -0.0305. The molecule has 6 heteroatoms. The van der Waals surface area contributed by atoms with Gasteiger partial charge in [0.2, 0.25) is 0 Å². The van der Waals surface area contributed by atoms with Gasteiger partial charge in [-0.1, -0.05) is 0 Å². The van der Waals surface area contributed by atoms with Gasteiger partial charge in [-0.05, 0) is 0 Å². The van der Waals surface area contributed by atoms with Crippen molar-refractivity contribution in [3.05, 3.63) is 0 Å². The van der Waals surface area contributed by atoms with Gasteiger partial charge in [-0.25, -0.2) is 4.79 Å². The van der Waals surface area contributed by atoms with Crippen LogP contribution in [0.5, 0.6) is 0 Å². The second-order valence-electron chi connectivity index (χ2n) is 1.71. The molecule has 4 N–H and O–H groups in total. The van der Waals surface area contributed by atoms with Crippen LogP contribution in [0.25, 0.3) is 0 Å². The minimum Gasteiger partial charge on any atom is -0.450 e. The molecule has 0 spiro atoms. The Hall–Kier alpha value is -0.850. The summed E-state index contributed by atoms with van der Waals surface area (Å²) in [5, 5.41) is 16.6. The van der Waals surface area contributed by atoms with Crippen LogP contribution in [0.1, 0.15) is 0 Å². The molecule has 0 aliphatic carbocycles. The van der Waals surface area contributed by atoms with Gasteiger partial charge in [0.25, 0.3) is 0 Å². The van der Waals surface area contributed by atoms with Crippen LogP contribution >= 0.6 is 0 Å². The zero-order valence-electron chi connectivity index (χ0n) is 5.90. The largest absolute Gasteiger partial charge is 0.505 e. The quantitative estimate of drug-likeness (QED) is 0.356. The first-order valence-electron chi connectivity index (χ1n) is 2.99. The van der Waals surface area contributed by atoms with Crippen LogP contribution in [-0.4, -0.2) is 42.4 Å². The monoisotopic (exact) mass is 165 g/mol. The van der Waals surface area contributed by atoms with Crippen LogP contribution in [0.15, 0.2) is 0 Å². The minimum absolute atomic E-state index is 0.0752. The molecule has 0 aliphatic heterocycles. The van der Waals surface area contributed by atoms with Crippen molar-refractivity contribution in [1.82, 2.24) is 0 Å². The predicted molar refractivity (Wildman–Crippen MR) is 35.0 cm³/mol. The summed E-state index contributed by atoms with van der Waals surface area (Å²) in [7, 11) is 0. The molecule has 1 unspecified atom stereocenters. The molecule has 0 aliphatic rings.